The number of nitriles is 1. The van der Waals surface area contributed by atoms with Crippen molar-refractivity contribution in [2.24, 2.45) is 0 Å². The second kappa shape index (κ2) is 8.47. The van der Waals surface area contributed by atoms with Gasteiger partial charge in [0.1, 0.15) is 11.9 Å². The smallest absolute Gasteiger partial charge is 0.266 e. The first-order valence-electron chi connectivity index (χ1n) is 9.66. The van der Waals surface area contributed by atoms with E-state index in [1.54, 1.807) is 46.1 Å². The molecular formula is C21H19F2N7O. The van der Waals surface area contributed by atoms with E-state index in [2.05, 4.69) is 20.4 Å². The molecule has 1 amide bonds. The van der Waals surface area contributed by atoms with Gasteiger partial charge < -0.3 is 10.2 Å². The predicted molar refractivity (Wildman–Crippen MR) is 109 cm³/mol. The van der Waals surface area contributed by atoms with E-state index in [0.29, 0.717) is 29.3 Å². The van der Waals surface area contributed by atoms with E-state index >= 15 is 0 Å². The van der Waals surface area contributed by atoms with Crippen molar-refractivity contribution in [3.05, 3.63) is 65.7 Å². The minimum atomic E-state index is -2.68. The summed E-state index contributed by atoms with van der Waals surface area (Å²) in [7, 11) is 0. The lowest BCUT2D eigenvalue weighted by Gasteiger charge is -2.17. The summed E-state index contributed by atoms with van der Waals surface area (Å²) in [4.78, 5) is 22.3. The second-order valence-electron chi connectivity index (χ2n) is 7.33. The number of aromatic nitrogens is 4. The van der Waals surface area contributed by atoms with Gasteiger partial charge in [-0.3, -0.25) is 14.5 Å². The Morgan fingerprint density at radius 2 is 2.06 bits per heavy atom. The van der Waals surface area contributed by atoms with Crippen molar-refractivity contribution >= 4 is 17.5 Å². The molecule has 158 valence electrons. The lowest BCUT2D eigenvalue weighted by atomic mass is 10.2. The van der Waals surface area contributed by atoms with Crippen molar-refractivity contribution in [1.29, 1.82) is 5.26 Å². The molecule has 0 aliphatic carbocycles. The Morgan fingerprint density at radius 3 is 2.71 bits per heavy atom. The van der Waals surface area contributed by atoms with E-state index in [1.807, 2.05) is 6.07 Å². The van der Waals surface area contributed by atoms with Gasteiger partial charge in [-0.05, 0) is 23.8 Å². The Balaban J connectivity index is 1.30. The van der Waals surface area contributed by atoms with Gasteiger partial charge in [0.15, 0.2) is 5.82 Å². The summed E-state index contributed by atoms with van der Waals surface area (Å²) < 4.78 is 28.3. The highest BCUT2D eigenvalue weighted by Gasteiger charge is 2.38. The van der Waals surface area contributed by atoms with Gasteiger partial charge in [0.2, 0.25) is 5.91 Å². The number of pyridine rings is 2. The number of nitrogens with one attached hydrogen (secondary N) is 1. The van der Waals surface area contributed by atoms with Crippen LogP contribution in [-0.2, 0) is 17.8 Å². The van der Waals surface area contributed by atoms with Gasteiger partial charge in [-0.15, -0.1) is 0 Å². The summed E-state index contributed by atoms with van der Waals surface area (Å²) in [6, 6.07) is 10.5. The van der Waals surface area contributed by atoms with Crippen molar-refractivity contribution in [2.45, 2.75) is 25.3 Å². The van der Waals surface area contributed by atoms with Crippen molar-refractivity contribution < 1.29 is 13.6 Å². The van der Waals surface area contributed by atoms with Crippen LogP contribution < -0.4 is 10.2 Å². The van der Waals surface area contributed by atoms with Crippen molar-refractivity contribution in [1.82, 2.24) is 19.7 Å². The van der Waals surface area contributed by atoms with E-state index in [1.165, 1.54) is 12.4 Å². The van der Waals surface area contributed by atoms with E-state index in [9.17, 15) is 13.6 Å². The normalized spacial score (nSPS) is 14.9. The summed E-state index contributed by atoms with van der Waals surface area (Å²) in [5, 5.41) is 15.8. The lowest BCUT2D eigenvalue weighted by Crippen LogP contribution is -2.25. The first-order valence-corrected chi connectivity index (χ1v) is 9.66. The van der Waals surface area contributed by atoms with Crippen molar-refractivity contribution in [3.8, 4) is 6.07 Å². The SMILES string of the molecule is N#Cc1ccc(Cn2ccc(NC(=O)Cc3ccc(N4CCC(F)(F)C4)nc3)n2)nc1. The number of nitrogens with zero attached hydrogens (tertiary/aromatic N) is 6. The monoisotopic (exact) mass is 423 g/mol. The molecule has 8 nitrogen and oxygen atoms in total. The molecule has 3 aromatic rings. The van der Waals surface area contributed by atoms with Crippen LogP contribution in [0.5, 0.6) is 0 Å². The minimum Gasteiger partial charge on any atom is -0.350 e. The van der Waals surface area contributed by atoms with Gasteiger partial charge in [0.25, 0.3) is 5.92 Å². The largest absolute Gasteiger partial charge is 0.350 e. The third-order valence-electron chi connectivity index (χ3n) is 4.85. The van der Waals surface area contributed by atoms with Crippen LogP contribution in [0.3, 0.4) is 0 Å². The molecule has 0 aromatic carbocycles. The minimum absolute atomic E-state index is 0.0908. The van der Waals surface area contributed by atoms with Gasteiger partial charge in [-0.2, -0.15) is 10.4 Å². The summed E-state index contributed by atoms with van der Waals surface area (Å²) in [6.45, 7) is 0.337. The number of carbonyl (C=O) groups is 1. The van der Waals surface area contributed by atoms with Crippen molar-refractivity contribution in [3.63, 3.8) is 0 Å². The molecule has 4 heterocycles. The number of rotatable bonds is 6. The zero-order valence-electron chi connectivity index (χ0n) is 16.5. The number of carbonyl (C=O) groups excluding carboxylic acids is 1. The van der Waals surface area contributed by atoms with Crippen LogP contribution in [0.4, 0.5) is 20.4 Å². The fourth-order valence-electron chi connectivity index (χ4n) is 3.28. The Morgan fingerprint density at radius 1 is 1.19 bits per heavy atom. The maximum atomic E-state index is 13.3. The van der Waals surface area contributed by atoms with Crippen LogP contribution in [0.1, 0.15) is 23.2 Å². The highest BCUT2D eigenvalue weighted by atomic mass is 19.3. The van der Waals surface area contributed by atoms with Gasteiger partial charge in [0.05, 0.1) is 30.8 Å². The fourth-order valence-corrected chi connectivity index (χ4v) is 3.28. The van der Waals surface area contributed by atoms with Crippen LogP contribution in [-0.4, -0.2) is 44.7 Å². The third-order valence-corrected chi connectivity index (χ3v) is 4.85. The average molecular weight is 423 g/mol. The van der Waals surface area contributed by atoms with Gasteiger partial charge in [-0.25, -0.2) is 13.8 Å². The molecule has 1 aliphatic heterocycles. The number of amides is 1. The number of anilines is 2. The highest BCUT2D eigenvalue weighted by Crippen LogP contribution is 2.29. The van der Waals surface area contributed by atoms with Gasteiger partial charge in [-0.1, -0.05) is 6.07 Å². The Labute approximate surface area is 177 Å². The Hall–Kier alpha value is -3.87. The standard InChI is InChI=1S/C21H19F2N7O/c22-21(23)6-8-29(14-21)19-4-2-15(11-26-19)9-20(31)27-18-5-7-30(28-18)13-17-3-1-16(10-24)12-25-17/h1-5,7,11-12H,6,8-9,13-14H2,(H,27,28,31). The third kappa shape index (κ3) is 5.19. The molecule has 10 heteroatoms. The summed E-state index contributed by atoms with van der Waals surface area (Å²) in [5.41, 5.74) is 1.90. The van der Waals surface area contributed by atoms with E-state index in [4.69, 9.17) is 5.26 Å². The van der Waals surface area contributed by atoms with Crippen LogP contribution >= 0.6 is 0 Å². The number of alkyl halides is 2. The zero-order chi connectivity index (χ0) is 21.8. The number of hydrogen-bond donors (Lipinski definition) is 1. The molecule has 4 rings (SSSR count). The van der Waals surface area contributed by atoms with E-state index in [-0.39, 0.29) is 31.8 Å². The molecule has 0 spiro atoms. The molecule has 0 saturated carbocycles. The molecule has 1 aliphatic rings. The maximum absolute atomic E-state index is 13.3. The molecular weight excluding hydrogens is 404 g/mol. The number of hydrogen-bond acceptors (Lipinski definition) is 6. The van der Waals surface area contributed by atoms with Crippen LogP contribution in [0.25, 0.3) is 0 Å². The molecule has 0 atom stereocenters. The summed E-state index contributed by atoms with van der Waals surface area (Å²) in [5.74, 6) is -2.05. The topological polar surface area (TPSA) is 99.7 Å². The first kappa shape index (κ1) is 20.4. The molecule has 31 heavy (non-hydrogen) atoms. The fraction of sp³-hybridized carbons (Fsp3) is 0.286. The summed E-state index contributed by atoms with van der Waals surface area (Å²) in [6.07, 6.45) is 4.66. The second-order valence-corrected chi connectivity index (χ2v) is 7.33. The highest BCUT2D eigenvalue weighted by molar-refractivity contribution is 5.91. The predicted octanol–water partition coefficient (Wildman–Crippen LogP) is 2.62. The van der Waals surface area contributed by atoms with Crippen LogP contribution in [0.15, 0.2) is 48.9 Å². The zero-order valence-corrected chi connectivity index (χ0v) is 16.5. The van der Waals surface area contributed by atoms with E-state index < -0.39 is 5.92 Å². The van der Waals surface area contributed by atoms with Crippen LogP contribution in [0, 0.1) is 11.3 Å². The van der Waals surface area contributed by atoms with Gasteiger partial charge in [0, 0.05) is 37.6 Å². The molecule has 1 fully saturated rings. The van der Waals surface area contributed by atoms with E-state index in [0.717, 1.165) is 5.69 Å². The van der Waals surface area contributed by atoms with Gasteiger partial charge >= 0.3 is 0 Å². The average Bonchev–Trinajstić information content (AvgIpc) is 3.34. The Bertz CT molecular complexity index is 1100. The first-order chi connectivity index (χ1) is 14.9. The quantitative estimate of drug-likeness (QED) is 0.654. The van der Waals surface area contributed by atoms with Crippen molar-refractivity contribution in [2.75, 3.05) is 23.3 Å². The molecule has 0 bridgehead atoms. The van der Waals surface area contributed by atoms with Crippen LogP contribution in [0.2, 0.25) is 0 Å². The Kier molecular flexibility index (Phi) is 5.58. The maximum Gasteiger partial charge on any atom is 0.266 e. The molecule has 1 saturated heterocycles. The lowest BCUT2D eigenvalue weighted by molar-refractivity contribution is -0.115. The number of halogens is 2. The molecule has 0 radical (unpaired) electrons. The molecule has 1 N–H and O–H groups in total. The summed E-state index contributed by atoms with van der Waals surface area (Å²) >= 11 is 0. The molecule has 0 unspecified atom stereocenters. The molecule has 3 aromatic heterocycles.